The van der Waals surface area contributed by atoms with E-state index in [0.29, 0.717) is 0 Å². The third-order valence-electron chi connectivity index (χ3n) is 2.75. The summed E-state index contributed by atoms with van der Waals surface area (Å²) in [5.41, 5.74) is 5.66. The largest absolute Gasteiger partial charge is 0.480 e. The number of amides is 1. The Bertz CT molecular complexity index is 478. The summed E-state index contributed by atoms with van der Waals surface area (Å²) in [5, 5.41) is 30.5. The van der Waals surface area contributed by atoms with Gasteiger partial charge in [0.1, 0.15) is 12.6 Å². The van der Waals surface area contributed by atoms with Crippen LogP contribution in [0.3, 0.4) is 0 Å². The molecule has 7 nitrogen and oxygen atoms in total. The van der Waals surface area contributed by atoms with Crippen LogP contribution in [0.1, 0.15) is 28.4 Å². The van der Waals surface area contributed by atoms with Gasteiger partial charge in [-0.15, -0.1) is 0 Å². The van der Waals surface area contributed by atoms with E-state index < -0.39 is 30.6 Å². The SMILES string of the molecule is NCCC(O)C(O)c1ccccc1C(=O)NCC(=O)O. The zero-order chi connectivity index (χ0) is 15.1. The van der Waals surface area contributed by atoms with Gasteiger partial charge in [-0.25, -0.2) is 0 Å². The van der Waals surface area contributed by atoms with Crippen molar-refractivity contribution >= 4 is 11.9 Å². The summed E-state index contributed by atoms with van der Waals surface area (Å²) in [6.07, 6.45) is -2.16. The summed E-state index contributed by atoms with van der Waals surface area (Å²) >= 11 is 0. The van der Waals surface area contributed by atoms with Crippen molar-refractivity contribution in [2.45, 2.75) is 18.6 Å². The maximum atomic E-state index is 11.9. The smallest absolute Gasteiger partial charge is 0.322 e. The number of benzene rings is 1. The Morgan fingerprint density at radius 3 is 2.50 bits per heavy atom. The van der Waals surface area contributed by atoms with Crippen LogP contribution >= 0.6 is 0 Å². The zero-order valence-electron chi connectivity index (χ0n) is 10.8. The third-order valence-corrected chi connectivity index (χ3v) is 2.75. The number of carbonyl (C=O) groups excluding carboxylic acids is 1. The van der Waals surface area contributed by atoms with Gasteiger partial charge in [0, 0.05) is 5.56 Å². The molecule has 20 heavy (non-hydrogen) atoms. The molecular weight excluding hydrogens is 264 g/mol. The first-order chi connectivity index (χ1) is 9.47. The first-order valence-electron chi connectivity index (χ1n) is 6.12. The highest BCUT2D eigenvalue weighted by Gasteiger charge is 2.23. The normalized spacial score (nSPS) is 13.6. The summed E-state index contributed by atoms with van der Waals surface area (Å²) in [6, 6.07) is 6.15. The number of nitrogens with one attached hydrogen (secondary N) is 1. The highest BCUT2D eigenvalue weighted by molar-refractivity contribution is 5.97. The van der Waals surface area contributed by atoms with Crippen molar-refractivity contribution in [3.8, 4) is 0 Å². The number of hydrogen-bond donors (Lipinski definition) is 5. The fourth-order valence-electron chi connectivity index (χ4n) is 1.75. The molecule has 0 aliphatic heterocycles. The lowest BCUT2D eigenvalue weighted by atomic mass is 9.96. The van der Waals surface area contributed by atoms with Crippen LogP contribution in [0.25, 0.3) is 0 Å². The van der Waals surface area contributed by atoms with Crippen molar-refractivity contribution < 1.29 is 24.9 Å². The van der Waals surface area contributed by atoms with Gasteiger partial charge in [-0.05, 0) is 24.6 Å². The predicted octanol–water partition coefficient (Wildman–Crippen LogP) is -0.756. The second-order valence-corrected chi connectivity index (χ2v) is 4.25. The van der Waals surface area contributed by atoms with Crippen LogP contribution in [0.4, 0.5) is 0 Å². The minimum atomic E-state index is -1.26. The molecule has 1 aromatic carbocycles. The molecule has 6 N–H and O–H groups in total. The summed E-state index contributed by atoms with van der Waals surface area (Å²) in [7, 11) is 0. The Morgan fingerprint density at radius 1 is 1.25 bits per heavy atom. The van der Waals surface area contributed by atoms with Crippen LogP contribution < -0.4 is 11.1 Å². The van der Waals surface area contributed by atoms with Gasteiger partial charge in [-0.3, -0.25) is 9.59 Å². The molecule has 0 aromatic heterocycles. The number of rotatable bonds is 7. The predicted molar refractivity (Wildman–Crippen MR) is 71.0 cm³/mol. The standard InChI is InChI=1S/C13H18N2O5/c14-6-5-10(16)12(19)8-3-1-2-4-9(8)13(20)15-7-11(17)18/h1-4,10,12,16,19H,5-7,14H2,(H,15,20)(H,17,18). The average Bonchev–Trinajstić information content (AvgIpc) is 2.44. The molecule has 1 aromatic rings. The second kappa shape index (κ2) is 7.59. The van der Waals surface area contributed by atoms with E-state index in [1.165, 1.54) is 12.1 Å². The molecule has 0 saturated carbocycles. The van der Waals surface area contributed by atoms with E-state index in [1.807, 2.05) is 0 Å². The van der Waals surface area contributed by atoms with E-state index in [9.17, 15) is 19.8 Å². The highest BCUT2D eigenvalue weighted by atomic mass is 16.4. The number of aliphatic hydroxyl groups is 2. The van der Waals surface area contributed by atoms with Gasteiger partial charge in [-0.2, -0.15) is 0 Å². The molecule has 1 amide bonds. The van der Waals surface area contributed by atoms with Gasteiger partial charge in [-0.1, -0.05) is 18.2 Å². The van der Waals surface area contributed by atoms with Gasteiger partial charge >= 0.3 is 5.97 Å². The van der Waals surface area contributed by atoms with E-state index in [1.54, 1.807) is 12.1 Å². The fraction of sp³-hybridized carbons (Fsp3) is 0.385. The maximum Gasteiger partial charge on any atom is 0.322 e. The Hall–Kier alpha value is -1.96. The minimum Gasteiger partial charge on any atom is -0.480 e. The van der Waals surface area contributed by atoms with E-state index in [0.717, 1.165) is 0 Å². The van der Waals surface area contributed by atoms with E-state index >= 15 is 0 Å². The van der Waals surface area contributed by atoms with Crippen LogP contribution in [0.2, 0.25) is 0 Å². The quantitative estimate of drug-likeness (QED) is 0.446. The molecule has 2 unspecified atom stereocenters. The van der Waals surface area contributed by atoms with Crippen molar-refractivity contribution in [3.63, 3.8) is 0 Å². The molecule has 7 heteroatoms. The van der Waals surface area contributed by atoms with Crippen molar-refractivity contribution in [2.24, 2.45) is 5.73 Å². The van der Waals surface area contributed by atoms with Gasteiger partial charge < -0.3 is 26.4 Å². The lowest BCUT2D eigenvalue weighted by molar-refractivity contribution is -0.135. The van der Waals surface area contributed by atoms with Crippen molar-refractivity contribution in [2.75, 3.05) is 13.1 Å². The van der Waals surface area contributed by atoms with Gasteiger partial charge in [0.15, 0.2) is 0 Å². The van der Waals surface area contributed by atoms with E-state index in [4.69, 9.17) is 10.8 Å². The van der Waals surface area contributed by atoms with Gasteiger partial charge in [0.2, 0.25) is 0 Å². The Balaban J connectivity index is 2.92. The molecule has 0 heterocycles. The number of nitrogens with two attached hydrogens (primary N) is 1. The number of carboxylic acids is 1. The van der Waals surface area contributed by atoms with E-state index in [-0.39, 0.29) is 24.1 Å². The van der Waals surface area contributed by atoms with Gasteiger partial charge in [0.05, 0.1) is 6.10 Å². The first kappa shape index (κ1) is 16.1. The molecule has 1 rings (SSSR count). The second-order valence-electron chi connectivity index (χ2n) is 4.25. The number of aliphatic carboxylic acids is 1. The van der Waals surface area contributed by atoms with Crippen LogP contribution in [-0.4, -0.2) is 46.4 Å². The number of aliphatic hydroxyl groups excluding tert-OH is 2. The molecular formula is C13H18N2O5. The molecule has 0 saturated heterocycles. The molecule has 0 aliphatic carbocycles. The van der Waals surface area contributed by atoms with Crippen LogP contribution in [0.15, 0.2) is 24.3 Å². The summed E-state index contributed by atoms with van der Waals surface area (Å²) in [4.78, 5) is 22.3. The van der Waals surface area contributed by atoms with Crippen molar-refractivity contribution in [1.29, 1.82) is 0 Å². The average molecular weight is 282 g/mol. The number of carboxylic acid groups (broad SMARTS) is 1. The Labute approximate surface area is 116 Å². The molecule has 0 spiro atoms. The van der Waals surface area contributed by atoms with Crippen LogP contribution in [0, 0.1) is 0 Å². The lowest BCUT2D eigenvalue weighted by Gasteiger charge is -2.20. The molecule has 0 bridgehead atoms. The molecule has 0 radical (unpaired) electrons. The summed E-state index contributed by atoms with van der Waals surface area (Å²) in [5.74, 6) is -1.79. The molecule has 0 aliphatic rings. The van der Waals surface area contributed by atoms with Crippen molar-refractivity contribution in [3.05, 3.63) is 35.4 Å². The Morgan fingerprint density at radius 2 is 1.90 bits per heavy atom. The number of hydrogen-bond acceptors (Lipinski definition) is 5. The highest BCUT2D eigenvalue weighted by Crippen LogP contribution is 2.22. The zero-order valence-corrected chi connectivity index (χ0v) is 10.8. The monoisotopic (exact) mass is 282 g/mol. The molecule has 2 atom stereocenters. The third kappa shape index (κ3) is 4.30. The van der Waals surface area contributed by atoms with Crippen molar-refractivity contribution in [1.82, 2.24) is 5.32 Å². The van der Waals surface area contributed by atoms with Crippen LogP contribution in [-0.2, 0) is 4.79 Å². The molecule has 0 fully saturated rings. The minimum absolute atomic E-state index is 0.123. The topological polar surface area (TPSA) is 133 Å². The first-order valence-corrected chi connectivity index (χ1v) is 6.12. The lowest BCUT2D eigenvalue weighted by Crippen LogP contribution is -2.31. The fourth-order valence-corrected chi connectivity index (χ4v) is 1.75. The maximum absolute atomic E-state index is 11.9. The summed E-state index contributed by atoms with van der Waals surface area (Å²) in [6.45, 7) is -0.319. The number of carbonyl (C=O) groups is 2. The Kier molecular flexibility index (Phi) is 6.10. The summed E-state index contributed by atoms with van der Waals surface area (Å²) < 4.78 is 0. The van der Waals surface area contributed by atoms with E-state index in [2.05, 4.69) is 5.32 Å². The van der Waals surface area contributed by atoms with Crippen LogP contribution in [0.5, 0.6) is 0 Å². The molecule has 110 valence electrons. The van der Waals surface area contributed by atoms with Gasteiger partial charge in [0.25, 0.3) is 5.91 Å².